The molecular weight excluding hydrogens is 266 g/mol. The molecule has 3 rings (SSSR count). The van der Waals surface area contributed by atoms with Gasteiger partial charge in [-0.2, -0.15) is 0 Å². The molecule has 0 aliphatic rings. The summed E-state index contributed by atoms with van der Waals surface area (Å²) in [5.41, 5.74) is 2.74. The van der Waals surface area contributed by atoms with Gasteiger partial charge in [0, 0.05) is 11.1 Å². The van der Waals surface area contributed by atoms with Crippen LogP contribution in [0.3, 0.4) is 0 Å². The first-order valence-corrected chi connectivity index (χ1v) is 6.46. The average molecular weight is 279 g/mol. The van der Waals surface area contributed by atoms with Crippen LogP contribution in [0.1, 0.15) is 15.9 Å². The molecule has 0 spiro atoms. The van der Waals surface area contributed by atoms with Crippen molar-refractivity contribution in [2.75, 3.05) is 5.32 Å². The molecule has 0 aliphatic carbocycles. The number of aromatic carboxylic acids is 1. The van der Waals surface area contributed by atoms with Gasteiger partial charge in [0.15, 0.2) is 0 Å². The van der Waals surface area contributed by atoms with E-state index in [2.05, 4.69) is 15.3 Å². The molecule has 2 N–H and O–H groups in total. The molecule has 5 nitrogen and oxygen atoms in total. The molecule has 0 unspecified atom stereocenters. The molecule has 0 amide bonds. The minimum atomic E-state index is -0.953. The third-order valence-corrected chi connectivity index (χ3v) is 3.28. The molecule has 0 bridgehead atoms. The van der Waals surface area contributed by atoms with Gasteiger partial charge in [-0.1, -0.05) is 18.2 Å². The zero-order chi connectivity index (χ0) is 14.8. The summed E-state index contributed by atoms with van der Waals surface area (Å²) in [6, 6.07) is 12.6. The molecule has 21 heavy (non-hydrogen) atoms. The summed E-state index contributed by atoms with van der Waals surface area (Å²) in [7, 11) is 0. The zero-order valence-electron chi connectivity index (χ0n) is 11.4. The summed E-state index contributed by atoms with van der Waals surface area (Å²) >= 11 is 0. The van der Waals surface area contributed by atoms with Crippen LogP contribution in [-0.4, -0.2) is 21.0 Å². The largest absolute Gasteiger partial charge is 0.478 e. The fraction of sp³-hybridized carbons (Fsp3) is 0.0625. The van der Waals surface area contributed by atoms with Crippen molar-refractivity contribution in [3.63, 3.8) is 0 Å². The van der Waals surface area contributed by atoms with Crippen LogP contribution in [0.25, 0.3) is 10.9 Å². The van der Waals surface area contributed by atoms with Gasteiger partial charge in [-0.15, -0.1) is 0 Å². The number of rotatable bonds is 3. The number of benzene rings is 2. The van der Waals surface area contributed by atoms with Crippen molar-refractivity contribution in [2.24, 2.45) is 0 Å². The predicted octanol–water partition coefficient (Wildman–Crippen LogP) is 3.38. The second kappa shape index (κ2) is 5.20. The van der Waals surface area contributed by atoms with Gasteiger partial charge in [-0.05, 0) is 36.8 Å². The van der Waals surface area contributed by atoms with Crippen molar-refractivity contribution < 1.29 is 9.90 Å². The van der Waals surface area contributed by atoms with E-state index in [-0.39, 0.29) is 5.56 Å². The number of carboxylic acid groups (broad SMARTS) is 1. The lowest BCUT2D eigenvalue weighted by Gasteiger charge is -2.11. The minimum absolute atomic E-state index is 0.237. The number of aromatic nitrogens is 2. The molecule has 0 fully saturated rings. The van der Waals surface area contributed by atoms with E-state index < -0.39 is 5.97 Å². The fourth-order valence-electron chi connectivity index (χ4n) is 2.12. The Hall–Kier alpha value is -2.95. The molecule has 1 aromatic heterocycles. The first kappa shape index (κ1) is 13.1. The van der Waals surface area contributed by atoms with E-state index in [9.17, 15) is 4.79 Å². The Morgan fingerprint density at radius 3 is 2.76 bits per heavy atom. The number of para-hydroxylation sites is 1. The van der Waals surface area contributed by atoms with Gasteiger partial charge in [0.2, 0.25) is 0 Å². The first-order valence-electron chi connectivity index (χ1n) is 6.46. The average Bonchev–Trinajstić information content (AvgIpc) is 2.49. The smallest absolute Gasteiger partial charge is 0.335 e. The number of nitrogens with one attached hydrogen (secondary N) is 1. The highest BCUT2D eigenvalue weighted by Gasteiger charge is 2.08. The van der Waals surface area contributed by atoms with E-state index in [4.69, 9.17) is 5.11 Å². The van der Waals surface area contributed by atoms with Crippen molar-refractivity contribution >= 4 is 28.4 Å². The molecular formula is C16H13N3O2. The van der Waals surface area contributed by atoms with E-state index in [0.29, 0.717) is 5.82 Å². The van der Waals surface area contributed by atoms with Gasteiger partial charge in [-0.3, -0.25) is 0 Å². The molecule has 0 radical (unpaired) electrons. The van der Waals surface area contributed by atoms with Crippen molar-refractivity contribution in [3.05, 3.63) is 59.9 Å². The van der Waals surface area contributed by atoms with Crippen molar-refractivity contribution in [2.45, 2.75) is 6.92 Å². The number of nitrogens with zero attached hydrogens (tertiary/aromatic N) is 2. The van der Waals surface area contributed by atoms with Gasteiger partial charge in [0.25, 0.3) is 0 Å². The van der Waals surface area contributed by atoms with Gasteiger partial charge >= 0.3 is 5.97 Å². The van der Waals surface area contributed by atoms with E-state index in [0.717, 1.165) is 22.2 Å². The summed E-state index contributed by atoms with van der Waals surface area (Å²) < 4.78 is 0. The highest BCUT2D eigenvalue weighted by atomic mass is 16.4. The van der Waals surface area contributed by atoms with Crippen LogP contribution in [0.5, 0.6) is 0 Å². The Balaban J connectivity index is 2.06. The maximum atomic E-state index is 11.1. The highest BCUT2D eigenvalue weighted by molar-refractivity contribution is 5.92. The standard InChI is InChI=1S/C16H13N3O2/c1-10-6-7-11(16(20)21)8-14(10)19-15-12-4-2-3-5-13(12)17-9-18-15/h2-9H,1H3,(H,20,21)(H,17,18,19). The lowest BCUT2D eigenvalue weighted by Crippen LogP contribution is -2.01. The maximum Gasteiger partial charge on any atom is 0.335 e. The molecule has 5 heteroatoms. The van der Waals surface area contributed by atoms with E-state index in [1.54, 1.807) is 18.2 Å². The number of carboxylic acids is 1. The number of anilines is 2. The van der Waals surface area contributed by atoms with E-state index in [1.807, 2.05) is 31.2 Å². The van der Waals surface area contributed by atoms with Crippen LogP contribution in [0.4, 0.5) is 11.5 Å². The lowest BCUT2D eigenvalue weighted by molar-refractivity contribution is 0.0697. The topological polar surface area (TPSA) is 75.1 Å². The third-order valence-electron chi connectivity index (χ3n) is 3.28. The Bertz CT molecular complexity index is 825. The second-order valence-electron chi connectivity index (χ2n) is 4.70. The summed E-state index contributed by atoms with van der Waals surface area (Å²) in [6.45, 7) is 1.91. The molecule has 3 aromatic rings. The van der Waals surface area contributed by atoms with Gasteiger partial charge in [0.05, 0.1) is 11.1 Å². The first-order chi connectivity index (χ1) is 10.1. The number of hydrogen-bond acceptors (Lipinski definition) is 4. The predicted molar refractivity (Wildman–Crippen MR) is 81.0 cm³/mol. The quantitative estimate of drug-likeness (QED) is 0.768. The van der Waals surface area contributed by atoms with Crippen LogP contribution >= 0.6 is 0 Å². The molecule has 0 saturated heterocycles. The lowest BCUT2D eigenvalue weighted by atomic mass is 10.1. The monoisotopic (exact) mass is 279 g/mol. The van der Waals surface area contributed by atoms with Crippen LogP contribution in [0, 0.1) is 6.92 Å². The third kappa shape index (κ3) is 2.53. The summed E-state index contributed by atoms with van der Waals surface area (Å²) in [4.78, 5) is 19.5. The zero-order valence-corrected chi connectivity index (χ0v) is 11.4. The van der Waals surface area contributed by atoms with Crippen LogP contribution in [0.2, 0.25) is 0 Å². The SMILES string of the molecule is Cc1ccc(C(=O)O)cc1Nc1ncnc2ccccc12. The number of aryl methyl sites for hydroxylation is 1. The van der Waals surface area contributed by atoms with E-state index in [1.165, 1.54) is 6.33 Å². The Kier molecular flexibility index (Phi) is 3.23. The van der Waals surface area contributed by atoms with Crippen molar-refractivity contribution in [3.8, 4) is 0 Å². The van der Waals surface area contributed by atoms with Gasteiger partial charge < -0.3 is 10.4 Å². The van der Waals surface area contributed by atoms with Crippen LogP contribution < -0.4 is 5.32 Å². The van der Waals surface area contributed by atoms with E-state index >= 15 is 0 Å². The Morgan fingerprint density at radius 1 is 1.14 bits per heavy atom. The fourth-order valence-corrected chi connectivity index (χ4v) is 2.12. The summed E-state index contributed by atoms with van der Waals surface area (Å²) in [5, 5.41) is 13.2. The number of fused-ring (bicyclic) bond motifs is 1. The summed E-state index contributed by atoms with van der Waals surface area (Å²) in [6.07, 6.45) is 1.49. The minimum Gasteiger partial charge on any atom is -0.478 e. The molecule has 2 aromatic carbocycles. The summed E-state index contributed by atoms with van der Waals surface area (Å²) in [5.74, 6) is -0.295. The Morgan fingerprint density at radius 2 is 1.95 bits per heavy atom. The molecule has 0 aliphatic heterocycles. The molecule has 104 valence electrons. The van der Waals surface area contributed by atoms with Crippen molar-refractivity contribution in [1.29, 1.82) is 0 Å². The molecule has 0 saturated carbocycles. The molecule has 0 atom stereocenters. The van der Waals surface area contributed by atoms with Gasteiger partial charge in [0.1, 0.15) is 12.1 Å². The molecule has 1 heterocycles. The van der Waals surface area contributed by atoms with Crippen molar-refractivity contribution in [1.82, 2.24) is 9.97 Å². The maximum absolute atomic E-state index is 11.1. The second-order valence-corrected chi connectivity index (χ2v) is 4.70. The number of hydrogen-bond donors (Lipinski definition) is 2. The Labute approximate surface area is 121 Å². The van der Waals surface area contributed by atoms with Gasteiger partial charge in [-0.25, -0.2) is 14.8 Å². The highest BCUT2D eigenvalue weighted by Crippen LogP contribution is 2.25. The van der Waals surface area contributed by atoms with Crippen LogP contribution in [0.15, 0.2) is 48.8 Å². The normalized spacial score (nSPS) is 10.5. The van der Waals surface area contributed by atoms with Crippen LogP contribution in [-0.2, 0) is 0 Å². The number of carbonyl (C=O) groups is 1.